The molecule has 0 bridgehead atoms. The van der Waals surface area contributed by atoms with Crippen molar-refractivity contribution >= 4 is 11.9 Å². The van der Waals surface area contributed by atoms with Crippen LogP contribution in [0.4, 0.5) is 0 Å². The summed E-state index contributed by atoms with van der Waals surface area (Å²) in [4.78, 5) is 29.2. The number of quaternary nitrogens is 1. The van der Waals surface area contributed by atoms with Crippen molar-refractivity contribution in [3.05, 3.63) is 101 Å². The number of fused-ring (bicyclic) bond motifs is 1. The second-order valence-corrected chi connectivity index (χ2v) is 8.32. The summed E-state index contributed by atoms with van der Waals surface area (Å²) < 4.78 is 0.192. The minimum Gasteiger partial charge on any atom is -0.481 e. The maximum Gasteiger partial charge on any atom is 0.315 e. The van der Waals surface area contributed by atoms with Gasteiger partial charge in [0, 0.05) is 35.5 Å². The number of carboxylic acids is 1. The van der Waals surface area contributed by atoms with Crippen molar-refractivity contribution in [1.29, 1.82) is 0 Å². The second-order valence-electron chi connectivity index (χ2n) is 8.32. The zero-order chi connectivity index (χ0) is 21.8. The highest BCUT2D eigenvalue weighted by Gasteiger charge is 2.48. The van der Waals surface area contributed by atoms with Crippen LogP contribution in [0.25, 0.3) is 0 Å². The molecule has 2 heterocycles. The summed E-state index contributed by atoms with van der Waals surface area (Å²) in [7, 11) is 0. The molecule has 0 radical (unpaired) electrons. The summed E-state index contributed by atoms with van der Waals surface area (Å²) >= 11 is 0. The number of carbonyl (C=O) groups is 2. The first-order valence-electron chi connectivity index (χ1n) is 10.6. The average Bonchev–Trinajstić information content (AvgIpc) is 2.78. The van der Waals surface area contributed by atoms with E-state index in [0.717, 1.165) is 28.7 Å². The molecule has 0 spiro atoms. The highest BCUT2D eigenvalue weighted by molar-refractivity contribution is 5.77. The highest BCUT2D eigenvalue weighted by atomic mass is 16.4. The Morgan fingerprint density at radius 2 is 1.77 bits per heavy atom. The number of carboxylic acid groups (broad SMARTS) is 1. The molecule has 2 atom stereocenters. The minimum atomic E-state index is -0.945. The number of aliphatic carboxylic acids is 1. The smallest absolute Gasteiger partial charge is 0.315 e. The summed E-state index contributed by atoms with van der Waals surface area (Å²) in [6.07, 6.45) is 4.13. The van der Waals surface area contributed by atoms with Gasteiger partial charge < -0.3 is 5.11 Å². The van der Waals surface area contributed by atoms with Gasteiger partial charge in [0.1, 0.15) is 12.6 Å². The average molecular weight is 416 g/mol. The number of rotatable bonds is 6. The third kappa shape index (κ3) is 4.28. The van der Waals surface area contributed by atoms with Crippen LogP contribution in [-0.2, 0) is 22.6 Å². The van der Waals surface area contributed by atoms with E-state index in [1.54, 1.807) is 12.4 Å². The normalized spacial score (nSPS) is 20.1. The van der Waals surface area contributed by atoms with E-state index in [0.29, 0.717) is 13.1 Å². The molecule has 4 rings (SSSR count). The topological polar surface area (TPSA) is 67.3 Å². The Balaban J connectivity index is 1.89. The number of aryl methyl sites for hydroxylation is 1. The van der Waals surface area contributed by atoms with Crippen LogP contribution < -0.4 is 0 Å². The van der Waals surface area contributed by atoms with Crippen LogP contribution in [0.1, 0.15) is 46.7 Å². The lowest BCUT2D eigenvalue weighted by Gasteiger charge is -2.46. The van der Waals surface area contributed by atoms with Crippen LogP contribution in [0.3, 0.4) is 0 Å². The predicted octanol–water partition coefficient (Wildman–Crippen LogP) is 4.44. The summed E-state index contributed by atoms with van der Waals surface area (Å²) in [5.74, 6) is -0.972. The summed E-state index contributed by atoms with van der Waals surface area (Å²) in [6.45, 7) is 3.21. The summed E-state index contributed by atoms with van der Waals surface area (Å²) in [6, 6.07) is 20.3. The van der Waals surface area contributed by atoms with Gasteiger partial charge in [0.05, 0.1) is 19.4 Å². The van der Waals surface area contributed by atoms with Gasteiger partial charge in [0.25, 0.3) is 0 Å². The lowest BCUT2D eigenvalue weighted by Crippen LogP contribution is -2.58. The molecule has 5 heteroatoms. The van der Waals surface area contributed by atoms with Crippen molar-refractivity contribution in [1.82, 2.24) is 4.98 Å². The molecule has 0 saturated heterocycles. The fourth-order valence-electron chi connectivity index (χ4n) is 4.79. The number of pyridine rings is 1. The van der Waals surface area contributed by atoms with Crippen molar-refractivity contribution in [3.63, 3.8) is 0 Å². The third-order valence-corrected chi connectivity index (χ3v) is 6.25. The monoisotopic (exact) mass is 415 g/mol. The van der Waals surface area contributed by atoms with Gasteiger partial charge >= 0.3 is 11.9 Å². The molecule has 0 fully saturated rings. The van der Waals surface area contributed by atoms with Gasteiger partial charge in [-0.05, 0) is 30.7 Å². The number of hydrogen-bond acceptors (Lipinski definition) is 3. The molecule has 0 aliphatic carbocycles. The van der Waals surface area contributed by atoms with Gasteiger partial charge in [-0.15, -0.1) is 0 Å². The Labute approximate surface area is 182 Å². The minimum absolute atomic E-state index is 0.0187. The fraction of sp³-hybridized carbons (Fsp3) is 0.269. The Hall–Kier alpha value is -3.31. The number of nitrogens with zero attached hydrogens (tertiary/aromatic N) is 2. The van der Waals surface area contributed by atoms with Crippen LogP contribution in [0.15, 0.2) is 73.1 Å². The molecule has 3 aromatic rings. The lowest BCUT2D eigenvalue weighted by atomic mass is 9.84. The number of aromatic nitrogens is 1. The van der Waals surface area contributed by atoms with Crippen LogP contribution in [0.2, 0.25) is 0 Å². The van der Waals surface area contributed by atoms with Crippen molar-refractivity contribution in [2.45, 2.75) is 38.8 Å². The Bertz CT molecular complexity index is 1080. The fourth-order valence-corrected chi connectivity index (χ4v) is 4.79. The molecular weight excluding hydrogens is 388 g/mol. The van der Waals surface area contributed by atoms with Gasteiger partial charge in [-0.1, -0.05) is 48.0 Å². The van der Waals surface area contributed by atoms with Crippen molar-refractivity contribution < 1.29 is 19.2 Å². The standard InChI is InChI=1S/C26H26N2O3/c1-19-7-8-21-13-16-28(24(29)9-10-25(30)31,18-20-11-14-27-15-12-20)26(23(21)17-19)22-5-3-2-4-6-22/h2-8,11-12,14-15,17,26H,9-10,13,16,18H2,1H3/p+1. The van der Waals surface area contributed by atoms with Gasteiger partial charge in [-0.25, -0.2) is 9.28 Å². The first-order chi connectivity index (χ1) is 15.0. The highest BCUT2D eigenvalue weighted by Crippen LogP contribution is 2.43. The van der Waals surface area contributed by atoms with E-state index in [1.165, 1.54) is 5.56 Å². The molecule has 1 N–H and O–H groups in total. The summed E-state index contributed by atoms with van der Waals surface area (Å²) in [5.41, 5.74) is 5.67. The van der Waals surface area contributed by atoms with E-state index >= 15 is 0 Å². The van der Waals surface area contributed by atoms with Crippen molar-refractivity contribution in [2.75, 3.05) is 6.54 Å². The van der Waals surface area contributed by atoms with Crippen LogP contribution in [0.5, 0.6) is 0 Å². The quantitative estimate of drug-likeness (QED) is 0.604. The molecule has 158 valence electrons. The Morgan fingerprint density at radius 1 is 1.03 bits per heavy atom. The first-order valence-corrected chi connectivity index (χ1v) is 10.6. The van der Waals surface area contributed by atoms with Crippen LogP contribution >= 0.6 is 0 Å². The molecule has 5 nitrogen and oxygen atoms in total. The van der Waals surface area contributed by atoms with Crippen molar-refractivity contribution in [2.24, 2.45) is 0 Å². The van der Waals surface area contributed by atoms with E-state index < -0.39 is 5.97 Å². The number of hydrogen-bond donors (Lipinski definition) is 1. The molecule has 1 aliphatic heterocycles. The van der Waals surface area contributed by atoms with E-state index in [2.05, 4.69) is 42.2 Å². The zero-order valence-electron chi connectivity index (χ0n) is 17.7. The molecule has 1 aromatic heterocycles. The predicted molar refractivity (Wildman–Crippen MR) is 118 cm³/mol. The summed E-state index contributed by atoms with van der Waals surface area (Å²) in [5, 5.41) is 9.24. The molecule has 2 unspecified atom stereocenters. The first kappa shape index (κ1) is 20.9. The second kappa shape index (κ2) is 8.82. The van der Waals surface area contributed by atoms with Gasteiger partial charge in [0.2, 0.25) is 0 Å². The van der Waals surface area contributed by atoms with Crippen LogP contribution in [0, 0.1) is 6.92 Å². The van der Waals surface area contributed by atoms with E-state index in [1.807, 2.05) is 30.3 Å². The largest absolute Gasteiger partial charge is 0.481 e. The Morgan fingerprint density at radius 3 is 2.48 bits per heavy atom. The van der Waals surface area contributed by atoms with E-state index in [4.69, 9.17) is 0 Å². The maximum atomic E-state index is 13.8. The Kier molecular flexibility index (Phi) is 5.96. The third-order valence-electron chi connectivity index (χ3n) is 6.25. The molecule has 1 amide bonds. The van der Waals surface area contributed by atoms with Crippen molar-refractivity contribution in [3.8, 4) is 0 Å². The van der Waals surface area contributed by atoms with Gasteiger partial charge in [-0.2, -0.15) is 0 Å². The molecule has 2 aromatic carbocycles. The molecule has 1 aliphatic rings. The molecular formula is C26H27N2O3+. The van der Waals surface area contributed by atoms with E-state index in [9.17, 15) is 14.7 Å². The molecule has 0 saturated carbocycles. The van der Waals surface area contributed by atoms with E-state index in [-0.39, 0.29) is 29.3 Å². The lowest BCUT2D eigenvalue weighted by molar-refractivity contribution is -0.895. The molecule has 31 heavy (non-hydrogen) atoms. The SMILES string of the molecule is Cc1ccc2c(c1)C(c1ccccc1)[N+](Cc1ccncc1)(C(=O)CCC(=O)O)CC2. The van der Waals surface area contributed by atoms with Gasteiger partial charge in [-0.3, -0.25) is 9.78 Å². The van der Waals surface area contributed by atoms with Gasteiger partial charge in [0.15, 0.2) is 0 Å². The number of benzene rings is 2. The zero-order valence-corrected chi connectivity index (χ0v) is 17.7. The maximum absolute atomic E-state index is 13.8. The number of amides is 1. The number of carbonyl (C=O) groups excluding carboxylic acids is 1. The van der Waals surface area contributed by atoms with Crippen LogP contribution in [-0.4, -0.2) is 33.0 Å².